The van der Waals surface area contributed by atoms with E-state index in [-0.39, 0.29) is 0 Å². The van der Waals surface area contributed by atoms with Crippen LogP contribution in [-0.4, -0.2) is 19.9 Å². The number of nitrogens with two attached hydrogens (primary N) is 1. The highest BCUT2D eigenvalue weighted by atomic mass is 16.5. The highest BCUT2D eigenvalue weighted by molar-refractivity contribution is 5.69. The Bertz CT molecular complexity index is 816. The van der Waals surface area contributed by atoms with Crippen molar-refractivity contribution in [3.8, 4) is 22.8 Å². The molecule has 3 aromatic rings. The Morgan fingerprint density at radius 2 is 1.95 bits per heavy atom. The number of rotatable bonds is 2. The summed E-state index contributed by atoms with van der Waals surface area (Å²) in [4.78, 5) is 4.50. The molecule has 2 aromatic heterocycles. The van der Waals surface area contributed by atoms with E-state index in [1.54, 1.807) is 4.68 Å². The molecule has 0 unspecified atom stereocenters. The van der Waals surface area contributed by atoms with Gasteiger partial charge in [0.2, 0.25) is 5.82 Å². The predicted octanol–water partition coefficient (Wildman–Crippen LogP) is 2.64. The third kappa shape index (κ3) is 2.08. The van der Waals surface area contributed by atoms with Crippen molar-refractivity contribution in [1.82, 2.24) is 19.9 Å². The lowest BCUT2D eigenvalue weighted by Gasteiger charge is -2.03. The SMILES string of the molecule is Cc1nn(C)c(C)c1-c1nc(-c2cccc(N)c2C)no1. The van der Waals surface area contributed by atoms with Gasteiger partial charge in [-0.3, -0.25) is 4.68 Å². The van der Waals surface area contributed by atoms with Crippen LogP contribution in [0.3, 0.4) is 0 Å². The first-order valence-electron chi connectivity index (χ1n) is 6.68. The zero-order chi connectivity index (χ0) is 15.1. The van der Waals surface area contributed by atoms with E-state index < -0.39 is 0 Å². The van der Waals surface area contributed by atoms with Gasteiger partial charge in [-0.2, -0.15) is 10.1 Å². The van der Waals surface area contributed by atoms with Crippen molar-refractivity contribution < 1.29 is 4.52 Å². The van der Waals surface area contributed by atoms with Gasteiger partial charge >= 0.3 is 0 Å². The fraction of sp³-hybridized carbons (Fsp3) is 0.267. The third-order valence-electron chi connectivity index (χ3n) is 3.77. The largest absolute Gasteiger partial charge is 0.398 e. The number of nitrogen functional groups attached to an aromatic ring is 1. The lowest BCUT2D eigenvalue weighted by atomic mass is 10.1. The molecule has 0 radical (unpaired) electrons. The van der Waals surface area contributed by atoms with Gasteiger partial charge in [0.25, 0.3) is 5.89 Å². The first kappa shape index (κ1) is 13.4. The van der Waals surface area contributed by atoms with E-state index in [4.69, 9.17) is 10.3 Å². The Balaban J connectivity index is 2.10. The molecule has 0 aliphatic carbocycles. The molecular weight excluding hydrogens is 266 g/mol. The molecule has 21 heavy (non-hydrogen) atoms. The predicted molar refractivity (Wildman–Crippen MR) is 80.6 cm³/mol. The van der Waals surface area contributed by atoms with Crippen molar-refractivity contribution in [1.29, 1.82) is 0 Å². The van der Waals surface area contributed by atoms with Gasteiger partial charge in [-0.25, -0.2) is 0 Å². The average Bonchev–Trinajstić information content (AvgIpc) is 2.99. The second-order valence-corrected chi connectivity index (χ2v) is 5.11. The molecule has 0 fully saturated rings. The molecule has 0 saturated carbocycles. The Morgan fingerprint density at radius 3 is 2.62 bits per heavy atom. The maximum atomic E-state index is 5.93. The van der Waals surface area contributed by atoms with Crippen LogP contribution in [0.2, 0.25) is 0 Å². The molecule has 0 amide bonds. The number of nitrogens with zero attached hydrogens (tertiary/aromatic N) is 4. The maximum Gasteiger partial charge on any atom is 0.261 e. The smallest absolute Gasteiger partial charge is 0.261 e. The number of aryl methyl sites for hydroxylation is 2. The average molecular weight is 283 g/mol. The van der Waals surface area contributed by atoms with Crippen molar-refractivity contribution in [2.24, 2.45) is 7.05 Å². The van der Waals surface area contributed by atoms with Crippen LogP contribution in [0.5, 0.6) is 0 Å². The summed E-state index contributed by atoms with van der Waals surface area (Å²) in [5, 5.41) is 8.45. The summed E-state index contributed by atoms with van der Waals surface area (Å²) in [5.74, 6) is 1.02. The molecule has 0 aliphatic heterocycles. The summed E-state index contributed by atoms with van der Waals surface area (Å²) in [6.07, 6.45) is 0. The van der Waals surface area contributed by atoms with Gasteiger partial charge in [0, 0.05) is 24.0 Å². The van der Waals surface area contributed by atoms with Crippen LogP contribution in [0.1, 0.15) is 17.0 Å². The van der Waals surface area contributed by atoms with E-state index in [0.717, 1.165) is 28.1 Å². The molecule has 3 rings (SSSR count). The zero-order valence-corrected chi connectivity index (χ0v) is 12.5. The second kappa shape index (κ2) is 4.73. The number of anilines is 1. The minimum absolute atomic E-state index is 0.481. The number of hydrogen-bond donors (Lipinski definition) is 1. The Labute approximate surface area is 122 Å². The summed E-state index contributed by atoms with van der Waals surface area (Å²) in [5.41, 5.74) is 11.2. The van der Waals surface area contributed by atoms with Crippen LogP contribution in [0, 0.1) is 20.8 Å². The zero-order valence-electron chi connectivity index (χ0n) is 12.5. The van der Waals surface area contributed by atoms with Crippen LogP contribution in [0.4, 0.5) is 5.69 Å². The molecule has 2 heterocycles. The lowest BCUT2D eigenvalue weighted by molar-refractivity contribution is 0.432. The molecule has 6 nitrogen and oxygen atoms in total. The van der Waals surface area contributed by atoms with Crippen molar-refractivity contribution in [2.75, 3.05) is 5.73 Å². The fourth-order valence-electron chi connectivity index (χ4n) is 2.41. The van der Waals surface area contributed by atoms with Gasteiger partial charge in [0.15, 0.2) is 0 Å². The molecule has 0 atom stereocenters. The van der Waals surface area contributed by atoms with Gasteiger partial charge in [0.05, 0.1) is 11.3 Å². The van der Waals surface area contributed by atoms with Gasteiger partial charge in [0.1, 0.15) is 0 Å². The Morgan fingerprint density at radius 1 is 1.19 bits per heavy atom. The Hall–Kier alpha value is -2.63. The van der Waals surface area contributed by atoms with Crippen LogP contribution in [0.15, 0.2) is 22.7 Å². The van der Waals surface area contributed by atoms with E-state index in [1.807, 2.05) is 46.0 Å². The summed E-state index contributed by atoms with van der Waals surface area (Å²) in [6.45, 7) is 5.85. The monoisotopic (exact) mass is 283 g/mol. The van der Waals surface area contributed by atoms with Crippen molar-refractivity contribution in [3.63, 3.8) is 0 Å². The van der Waals surface area contributed by atoms with E-state index in [9.17, 15) is 0 Å². The maximum absolute atomic E-state index is 5.93. The van der Waals surface area contributed by atoms with Gasteiger partial charge in [-0.05, 0) is 32.4 Å². The van der Waals surface area contributed by atoms with Crippen LogP contribution < -0.4 is 5.73 Å². The molecule has 0 aliphatic rings. The van der Waals surface area contributed by atoms with E-state index in [1.165, 1.54) is 0 Å². The second-order valence-electron chi connectivity index (χ2n) is 5.11. The topological polar surface area (TPSA) is 82.8 Å². The summed E-state index contributed by atoms with van der Waals surface area (Å²) >= 11 is 0. The van der Waals surface area contributed by atoms with E-state index in [2.05, 4.69) is 15.2 Å². The molecule has 6 heteroatoms. The number of hydrogen-bond acceptors (Lipinski definition) is 5. The van der Waals surface area contributed by atoms with Crippen LogP contribution in [-0.2, 0) is 7.05 Å². The highest BCUT2D eigenvalue weighted by Gasteiger charge is 2.19. The summed E-state index contributed by atoms with van der Waals surface area (Å²) < 4.78 is 7.23. The normalized spacial score (nSPS) is 11.0. The lowest BCUT2D eigenvalue weighted by Crippen LogP contribution is -1.93. The van der Waals surface area contributed by atoms with Crippen LogP contribution >= 0.6 is 0 Å². The summed E-state index contributed by atoms with van der Waals surface area (Å²) in [7, 11) is 1.89. The Kier molecular flexibility index (Phi) is 3.01. The van der Waals surface area contributed by atoms with Crippen LogP contribution in [0.25, 0.3) is 22.8 Å². The number of benzene rings is 1. The molecule has 1 aromatic carbocycles. The third-order valence-corrected chi connectivity index (χ3v) is 3.77. The van der Waals surface area contributed by atoms with E-state index >= 15 is 0 Å². The molecule has 2 N–H and O–H groups in total. The number of aromatic nitrogens is 4. The van der Waals surface area contributed by atoms with Crippen molar-refractivity contribution in [3.05, 3.63) is 35.2 Å². The van der Waals surface area contributed by atoms with Crippen molar-refractivity contribution >= 4 is 5.69 Å². The van der Waals surface area contributed by atoms with Gasteiger partial charge < -0.3 is 10.3 Å². The summed E-state index contributed by atoms with van der Waals surface area (Å²) in [6, 6.07) is 5.67. The molecule has 108 valence electrons. The van der Waals surface area contributed by atoms with Gasteiger partial charge in [-0.1, -0.05) is 17.3 Å². The molecular formula is C15H17N5O. The highest BCUT2D eigenvalue weighted by Crippen LogP contribution is 2.29. The quantitative estimate of drug-likeness (QED) is 0.731. The standard InChI is InChI=1S/C15H17N5O/c1-8-11(6-5-7-12(8)16)14-17-15(21-19-14)13-9(2)18-20(4)10(13)3/h5-7H,16H2,1-4H3. The fourth-order valence-corrected chi connectivity index (χ4v) is 2.41. The first-order chi connectivity index (χ1) is 9.99. The van der Waals surface area contributed by atoms with Crippen molar-refractivity contribution in [2.45, 2.75) is 20.8 Å². The minimum atomic E-state index is 0.481. The first-order valence-corrected chi connectivity index (χ1v) is 6.68. The molecule has 0 saturated heterocycles. The van der Waals surface area contributed by atoms with Gasteiger partial charge in [-0.15, -0.1) is 0 Å². The molecule has 0 spiro atoms. The molecule has 0 bridgehead atoms. The van der Waals surface area contributed by atoms with E-state index in [0.29, 0.717) is 17.4 Å². The minimum Gasteiger partial charge on any atom is -0.398 e.